The lowest BCUT2D eigenvalue weighted by Gasteiger charge is -2.14. The number of benzene rings is 2. The molecule has 0 saturated heterocycles. The zero-order chi connectivity index (χ0) is 12.7. The molecule has 1 N–H and O–H groups in total. The summed E-state index contributed by atoms with van der Waals surface area (Å²) in [7, 11) is 0. The first-order valence-electron chi connectivity index (χ1n) is 5.93. The van der Waals surface area contributed by atoms with Crippen LogP contribution in [-0.4, -0.2) is 4.57 Å². The van der Waals surface area contributed by atoms with E-state index in [1.165, 1.54) is 0 Å². The average Bonchev–Trinajstić information content (AvgIpc) is 2.39. The van der Waals surface area contributed by atoms with Crippen molar-refractivity contribution in [3.05, 3.63) is 60.6 Å². The third-order valence-corrected chi connectivity index (χ3v) is 3.22. The van der Waals surface area contributed by atoms with Gasteiger partial charge in [-0.15, -0.1) is 0 Å². The van der Waals surface area contributed by atoms with Crippen LogP contribution in [0, 0.1) is 5.41 Å². The van der Waals surface area contributed by atoms with E-state index in [0.29, 0.717) is 5.49 Å². The quantitative estimate of drug-likeness (QED) is 0.621. The van der Waals surface area contributed by atoms with E-state index in [4.69, 9.17) is 5.41 Å². The predicted molar refractivity (Wildman–Crippen MR) is 76.3 cm³/mol. The maximum atomic E-state index is 8.35. The molecule has 2 heteroatoms. The van der Waals surface area contributed by atoms with Crippen LogP contribution in [0.5, 0.6) is 0 Å². The van der Waals surface area contributed by atoms with Crippen LogP contribution in [0.1, 0.15) is 6.92 Å². The monoisotopic (exact) mass is 234 g/mol. The second-order valence-corrected chi connectivity index (χ2v) is 4.48. The molecule has 0 bridgehead atoms. The number of nitrogens with zero attached hydrogens (tertiary/aromatic N) is 1. The second-order valence-electron chi connectivity index (χ2n) is 4.48. The Morgan fingerprint density at radius 1 is 0.944 bits per heavy atom. The Morgan fingerprint density at radius 2 is 1.50 bits per heavy atom. The van der Waals surface area contributed by atoms with Gasteiger partial charge in [0.2, 0.25) is 0 Å². The number of para-hydroxylation sites is 1. The highest BCUT2D eigenvalue weighted by Crippen LogP contribution is 2.23. The lowest BCUT2D eigenvalue weighted by Crippen LogP contribution is -2.19. The SMILES string of the molecule is C=C(C)n1c(=N)c2ccccc2c2ccccc21. The summed E-state index contributed by atoms with van der Waals surface area (Å²) in [6, 6.07) is 16.2. The first-order chi connectivity index (χ1) is 8.70. The number of rotatable bonds is 1. The molecule has 2 aromatic carbocycles. The molecule has 0 aliphatic carbocycles. The van der Waals surface area contributed by atoms with Crippen molar-refractivity contribution in [1.82, 2.24) is 4.57 Å². The normalized spacial score (nSPS) is 10.9. The van der Waals surface area contributed by atoms with Crippen molar-refractivity contribution < 1.29 is 0 Å². The summed E-state index contributed by atoms with van der Waals surface area (Å²) >= 11 is 0. The Morgan fingerprint density at radius 3 is 2.17 bits per heavy atom. The van der Waals surface area contributed by atoms with Crippen molar-refractivity contribution in [2.45, 2.75) is 6.92 Å². The van der Waals surface area contributed by atoms with E-state index in [1.54, 1.807) is 0 Å². The molecule has 3 rings (SSSR count). The number of hydrogen-bond donors (Lipinski definition) is 1. The minimum Gasteiger partial charge on any atom is -0.299 e. The van der Waals surface area contributed by atoms with Gasteiger partial charge < -0.3 is 0 Å². The summed E-state index contributed by atoms with van der Waals surface area (Å²) in [6.07, 6.45) is 0. The van der Waals surface area contributed by atoms with Crippen molar-refractivity contribution in [2.75, 3.05) is 0 Å². The molecule has 0 fully saturated rings. The van der Waals surface area contributed by atoms with Crippen LogP contribution in [0.25, 0.3) is 27.4 Å². The first kappa shape index (κ1) is 10.8. The van der Waals surface area contributed by atoms with Crippen LogP contribution in [0.4, 0.5) is 0 Å². The molecule has 2 nitrogen and oxygen atoms in total. The molecule has 0 atom stereocenters. The van der Waals surface area contributed by atoms with Crippen LogP contribution in [-0.2, 0) is 0 Å². The topological polar surface area (TPSA) is 28.8 Å². The zero-order valence-electron chi connectivity index (χ0n) is 10.3. The second kappa shape index (κ2) is 3.84. The summed E-state index contributed by atoms with van der Waals surface area (Å²) in [5, 5.41) is 11.6. The lowest BCUT2D eigenvalue weighted by molar-refractivity contribution is 1.00. The van der Waals surface area contributed by atoms with Gasteiger partial charge in [0.15, 0.2) is 0 Å². The van der Waals surface area contributed by atoms with Gasteiger partial charge in [0.25, 0.3) is 0 Å². The summed E-state index contributed by atoms with van der Waals surface area (Å²) in [5.74, 6) is 0. The van der Waals surface area contributed by atoms with Gasteiger partial charge in [0.05, 0.1) is 5.52 Å². The van der Waals surface area contributed by atoms with Crippen molar-refractivity contribution >= 4 is 27.4 Å². The fourth-order valence-corrected chi connectivity index (χ4v) is 2.46. The highest BCUT2D eigenvalue weighted by molar-refractivity contribution is 6.06. The molecule has 3 aromatic rings. The van der Waals surface area contributed by atoms with E-state index in [9.17, 15) is 0 Å². The molecular weight excluding hydrogens is 220 g/mol. The Balaban J connectivity index is 2.71. The van der Waals surface area contributed by atoms with Crippen LogP contribution >= 0.6 is 0 Å². The number of fused-ring (bicyclic) bond motifs is 3. The largest absolute Gasteiger partial charge is 0.299 e. The molecule has 0 saturated carbocycles. The van der Waals surface area contributed by atoms with Crippen molar-refractivity contribution in [3.63, 3.8) is 0 Å². The van der Waals surface area contributed by atoms with Gasteiger partial charge in [-0.2, -0.15) is 0 Å². The van der Waals surface area contributed by atoms with Gasteiger partial charge in [-0.25, -0.2) is 0 Å². The molecule has 0 unspecified atom stereocenters. The molecule has 1 aromatic heterocycles. The minimum atomic E-state index is 0.497. The third-order valence-electron chi connectivity index (χ3n) is 3.22. The van der Waals surface area contributed by atoms with Gasteiger partial charge in [-0.05, 0) is 18.4 Å². The van der Waals surface area contributed by atoms with Crippen molar-refractivity contribution in [2.24, 2.45) is 0 Å². The number of pyridine rings is 1. The zero-order valence-corrected chi connectivity index (χ0v) is 10.3. The molecule has 0 spiro atoms. The smallest absolute Gasteiger partial charge is 0.137 e. The van der Waals surface area contributed by atoms with Gasteiger partial charge in [0, 0.05) is 16.5 Å². The van der Waals surface area contributed by atoms with E-state index in [-0.39, 0.29) is 0 Å². The summed E-state index contributed by atoms with van der Waals surface area (Å²) in [5.41, 5.74) is 2.40. The van der Waals surface area contributed by atoms with Crippen LogP contribution in [0.15, 0.2) is 55.1 Å². The lowest BCUT2D eigenvalue weighted by atomic mass is 10.1. The number of hydrogen-bond acceptors (Lipinski definition) is 1. The summed E-state index contributed by atoms with van der Waals surface area (Å²) in [6.45, 7) is 5.92. The molecule has 18 heavy (non-hydrogen) atoms. The van der Waals surface area contributed by atoms with E-state index in [2.05, 4.69) is 18.7 Å². The maximum Gasteiger partial charge on any atom is 0.137 e. The van der Waals surface area contributed by atoms with E-state index in [1.807, 2.05) is 47.9 Å². The maximum absolute atomic E-state index is 8.35. The van der Waals surface area contributed by atoms with Crippen LogP contribution in [0.2, 0.25) is 0 Å². The van der Waals surface area contributed by atoms with Crippen molar-refractivity contribution in [3.8, 4) is 0 Å². The Labute approximate surface area is 105 Å². The van der Waals surface area contributed by atoms with Gasteiger partial charge in [0.1, 0.15) is 5.49 Å². The Bertz CT molecular complexity index is 825. The van der Waals surface area contributed by atoms with E-state index in [0.717, 1.165) is 27.4 Å². The number of allylic oxidation sites excluding steroid dienone is 1. The molecule has 0 radical (unpaired) electrons. The van der Waals surface area contributed by atoms with Gasteiger partial charge >= 0.3 is 0 Å². The molecule has 0 aliphatic rings. The fourth-order valence-electron chi connectivity index (χ4n) is 2.46. The predicted octanol–water partition coefficient (Wildman–Crippen LogP) is 3.76. The fraction of sp³-hybridized carbons (Fsp3) is 0.0625. The molecule has 1 heterocycles. The van der Waals surface area contributed by atoms with Crippen molar-refractivity contribution in [1.29, 1.82) is 5.41 Å². The number of nitrogens with one attached hydrogen (secondary N) is 1. The molecule has 0 aliphatic heterocycles. The first-order valence-corrected chi connectivity index (χ1v) is 5.93. The van der Waals surface area contributed by atoms with Crippen LogP contribution in [0.3, 0.4) is 0 Å². The Hall–Kier alpha value is -2.35. The van der Waals surface area contributed by atoms with Crippen LogP contribution < -0.4 is 5.49 Å². The summed E-state index contributed by atoms with van der Waals surface area (Å²) in [4.78, 5) is 0. The van der Waals surface area contributed by atoms with E-state index < -0.39 is 0 Å². The average molecular weight is 234 g/mol. The van der Waals surface area contributed by atoms with Gasteiger partial charge in [-0.1, -0.05) is 49.0 Å². The third kappa shape index (κ3) is 1.39. The number of aromatic nitrogens is 1. The Kier molecular flexibility index (Phi) is 2.30. The molecule has 0 amide bonds. The highest BCUT2D eigenvalue weighted by atomic mass is 15.0. The summed E-state index contributed by atoms with van der Waals surface area (Å²) < 4.78 is 1.90. The molecule has 88 valence electrons. The standard InChI is InChI=1S/C16H14N2/c1-11(2)18-15-10-6-5-8-13(15)12-7-3-4-9-14(12)16(18)17/h3-10,17H,1H2,2H3. The van der Waals surface area contributed by atoms with Gasteiger partial charge in [-0.3, -0.25) is 9.98 Å². The molecular formula is C16H14N2. The highest BCUT2D eigenvalue weighted by Gasteiger charge is 2.07. The van der Waals surface area contributed by atoms with E-state index >= 15 is 0 Å². The minimum absolute atomic E-state index is 0.497.